The summed E-state index contributed by atoms with van der Waals surface area (Å²) in [4.78, 5) is 16.3. The highest BCUT2D eigenvalue weighted by atomic mass is 79.9. The van der Waals surface area contributed by atoms with E-state index in [9.17, 15) is 4.79 Å². The van der Waals surface area contributed by atoms with Gasteiger partial charge in [-0.05, 0) is 37.6 Å². The van der Waals surface area contributed by atoms with Crippen molar-refractivity contribution in [2.45, 2.75) is 13.8 Å². The predicted molar refractivity (Wildman–Crippen MR) is 92.9 cm³/mol. The highest BCUT2D eigenvalue weighted by Gasteiger charge is 2.22. The molecule has 1 saturated heterocycles. The lowest BCUT2D eigenvalue weighted by Crippen LogP contribution is -2.50. The zero-order valence-corrected chi connectivity index (χ0v) is 14.8. The van der Waals surface area contributed by atoms with Gasteiger partial charge in [-0.1, -0.05) is 21.1 Å². The number of hydrogen-bond acceptors (Lipinski definition) is 4. The van der Waals surface area contributed by atoms with Gasteiger partial charge in [0.1, 0.15) is 5.76 Å². The van der Waals surface area contributed by atoms with Gasteiger partial charge in [0.2, 0.25) is 0 Å². The minimum Gasteiger partial charge on any atom is -0.368 e. The van der Waals surface area contributed by atoms with Crippen LogP contribution in [0.4, 0.5) is 16.3 Å². The van der Waals surface area contributed by atoms with Crippen molar-refractivity contribution in [1.82, 2.24) is 10.1 Å². The first-order valence-electron chi connectivity index (χ1n) is 7.53. The molecule has 0 radical (unpaired) electrons. The maximum Gasteiger partial charge on any atom is 0.323 e. The van der Waals surface area contributed by atoms with E-state index < -0.39 is 0 Å². The molecule has 6 nitrogen and oxygen atoms in total. The van der Waals surface area contributed by atoms with E-state index in [0.29, 0.717) is 24.7 Å². The number of benzene rings is 1. The number of carbonyl (C=O) groups is 1. The first-order chi connectivity index (χ1) is 11.0. The number of amides is 2. The van der Waals surface area contributed by atoms with Crippen LogP contribution >= 0.6 is 15.9 Å². The molecule has 2 amide bonds. The molecule has 0 spiro atoms. The van der Waals surface area contributed by atoms with Crippen molar-refractivity contribution in [2.75, 3.05) is 36.4 Å². The maximum absolute atomic E-state index is 12.2. The summed E-state index contributed by atoms with van der Waals surface area (Å²) in [5.41, 5.74) is 2.40. The first kappa shape index (κ1) is 15.9. The van der Waals surface area contributed by atoms with Gasteiger partial charge in [0.05, 0.1) is 0 Å². The Hall–Kier alpha value is -2.02. The number of piperazine rings is 1. The average Bonchev–Trinajstić information content (AvgIpc) is 2.95. The molecule has 7 heteroatoms. The number of urea groups is 1. The lowest BCUT2D eigenvalue weighted by atomic mass is 10.2. The summed E-state index contributed by atoms with van der Waals surface area (Å²) < 4.78 is 6.07. The molecular formula is C16H19BrN4O2. The molecule has 0 unspecified atom stereocenters. The van der Waals surface area contributed by atoms with Crippen molar-refractivity contribution in [1.29, 1.82) is 0 Å². The molecule has 0 saturated carbocycles. The Bertz CT molecular complexity index is 708. The van der Waals surface area contributed by atoms with Crippen molar-refractivity contribution in [2.24, 2.45) is 0 Å². The van der Waals surface area contributed by atoms with Gasteiger partial charge in [-0.3, -0.25) is 5.32 Å². The molecule has 3 rings (SSSR count). The molecule has 2 aromatic rings. The monoisotopic (exact) mass is 378 g/mol. The Morgan fingerprint density at radius 2 is 1.96 bits per heavy atom. The fraction of sp³-hybridized carbons (Fsp3) is 0.375. The van der Waals surface area contributed by atoms with Crippen LogP contribution < -0.4 is 10.2 Å². The van der Waals surface area contributed by atoms with Crippen molar-refractivity contribution >= 4 is 33.5 Å². The van der Waals surface area contributed by atoms with Gasteiger partial charge >= 0.3 is 6.03 Å². The van der Waals surface area contributed by atoms with E-state index in [0.717, 1.165) is 17.6 Å². The molecule has 1 aliphatic heterocycles. The van der Waals surface area contributed by atoms with Crippen LogP contribution in [0, 0.1) is 13.8 Å². The van der Waals surface area contributed by atoms with E-state index in [1.807, 2.05) is 0 Å². The van der Waals surface area contributed by atoms with Crippen LogP contribution in [0.15, 0.2) is 33.3 Å². The summed E-state index contributed by atoms with van der Waals surface area (Å²) >= 11 is 3.52. The van der Waals surface area contributed by atoms with E-state index in [1.165, 1.54) is 11.3 Å². The molecular weight excluding hydrogens is 360 g/mol. The number of aryl methyl sites for hydroxylation is 2. The third-order valence-electron chi connectivity index (χ3n) is 3.94. The molecule has 1 aromatic heterocycles. The fourth-order valence-electron chi connectivity index (χ4n) is 2.61. The molecule has 0 atom stereocenters. The number of nitrogens with zero attached hydrogens (tertiary/aromatic N) is 3. The minimum atomic E-state index is -0.134. The largest absolute Gasteiger partial charge is 0.368 e. The normalized spacial score (nSPS) is 14.9. The molecule has 0 aliphatic carbocycles. The van der Waals surface area contributed by atoms with Crippen LogP contribution in [0.3, 0.4) is 0 Å². The average molecular weight is 379 g/mol. The highest BCUT2D eigenvalue weighted by Crippen LogP contribution is 2.24. The number of rotatable bonds is 2. The second kappa shape index (κ2) is 6.62. The number of aromatic nitrogens is 1. The van der Waals surface area contributed by atoms with E-state index >= 15 is 0 Å². The second-order valence-electron chi connectivity index (χ2n) is 5.66. The van der Waals surface area contributed by atoms with E-state index in [2.05, 4.69) is 56.4 Å². The first-order valence-corrected chi connectivity index (χ1v) is 8.32. The zero-order valence-electron chi connectivity index (χ0n) is 13.2. The number of carbonyl (C=O) groups excluding carboxylic acids is 1. The number of nitrogens with one attached hydrogen (secondary N) is 1. The van der Waals surface area contributed by atoms with Crippen LogP contribution in [-0.4, -0.2) is 42.3 Å². The maximum atomic E-state index is 12.2. The Balaban J connectivity index is 1.57. The Kier molecular flexibility index (Phi) is 4.56. The summed E-state index contributed by atoms with van der Waals surface area (Å²) in [6, 6.07) is 7.91. The molecule has 1 aromatic carbocycles. The van der Waals surface area contributed by atoms with Gasteiger partial charge in [0.25, 0.3) is 0 Å². The molecule has 1 fully saturated rings. The van der Waals surface area contributed by atoms with Crippen molar-refractivity contribution in [3.63, 3.8) is 0 Å². The molecule has 1 N–H and O–H groups in total. The van der Waals surface area contributed by atoms with Gasteiger partial charge < -0.3 is 14.3 Å². The van der Waals surface area contributed by atoms with Gasteiger partial charge in [-0.2, -0.15) is 0 Å². The summed E-state index contributed by atoms with van der Waals surface area (Å²) in [7, 11) is 0. The Labute approximate surface area is 143 Å². The molecule has 1 aliphatic rings. The van der Waals surface area contributed by atoms with E-state index in [4.69, 9.17) is 4.52 Å². The minimum absolute atomic E-state index is 0.134. The number of halogens is 1. The number of hydrogen-bond donors (Lipinski definition) is 1. The van der Waals surface area contributed by atoms with Crippen LogP contribution in [0.25, 0.3) is 0 Å². The number of anilines is 2. The van der Waals surface area contributed by atoms with Crippen LogP contribution in [0.2, 0.25) is 0 Å². The van der Waals surface area contributed by atoms with Gasteiger partial charge in [-0.15, -0.1) is 0 Å². The van der Waals surface area contributed by atoms with Gasteiger partial charge in [-0.25, -0.2) is 4.79 Å². The van der Waals surface area contributed by atoms with Crippen LogP contribution in [0.5, 0.6) is 0 Å². The van der Waals surface area contributed by atoms with Crippen LogP contribution in [0.1, 0.15) is 11.3 Å². The molecule has 0 bridgehead atoms. The quantitative estimate of drug-likeness (QED) is 0.869. The topological polar surface area (TPSA) is 61.6 Å². The fourth-order valence-corrected chi connectivity index (χ4v) is 2.85. The van der Waals surface area contributed by atoms with Crippen molar-refractivity contribution < 1.29 is 9.32 Å². The third-order valence-corrected chi connectivity index (χ3v) is 4.83. The standard InChI is InChI=1S/C16H19BrN4O2/c1-11-9-13(3-4-14(11)17)20-5-7-21(8-6-20)16(22)18-15-10-12(2)23-19-15/h3-4,9-10H,5-8H2,1-2H3,(H,18,19,22). The molecule has 23 heavy (non-hydrogen) atoms. The zero-order chi connectivity index (χ0) is 16.4. The summed E-state index contributed by atoms with van der Waals surface area (Å²) in [6.45, 7) is 6.85. The van der Waals surface area contributed by atoms with E-state index in [-0.39, 0.29) is 6.03 Å². The third kappa shape index (κ3) is 3.67. The van der Waals surface area contributed by atoms with Crippen molar-refractivity contribution in [3.05, 3.63) is 40.1 Å². The SMILES string of the molecule is Cc1cc(NC(=O)N2CCN(c3ccc(Br)c(C)c3)CC2)no1. The van der Waals surface area contributed by atoms with Gasteiger partial charge in [0, 0.05) is 42.4 Å². The lowest BCUT2D eigenvalue weighted by molar-refractivity contribution is 0.208. The van der Waals surface area contributed by atoms with E-state index in [1.54, 1.807) is 17.9 Å². The molecule has 2 heterocycles. The Morgan fingerprint density at radius 3 is 2.57 bits per heavy atom. The van der Waals surface area contributed by atoms with Crippen LogP contribution in [-0.2, 0) is 0 Å². The summed E-state index contributed by atoms with van der Waals surface area (Å²) in [5.74, 6) is 1.13. The predicted octanol–water partition coefficient (Wildman–Crippen LogP) is 3.41. The van der Waals surface area contributed by atoms with Crippen molar-refractivity contribution in [3.8, 4) is 0 Å². The second-order valence-corrected chi connectivity index (χ2v) is 6.51. The van der Waals surface area contributed by atoms with Gasteiger partial charge in [0.15, 0.2) is 5.82 Å². The summed E-state index contributed by atoms with van der Waals surface area (Å²) in [5, 5.41) is 6.54. The summed E-state index contributed by atoms with van der Waals surface area (Å²) in [6.07, 6.45) is 0. The smallest absolute Gasteiger partial charge is 0.323 e. The lowest BCUT2D eigenvalue weighted by Gasteiger charge is -2.36. The highest BCUT2D eigenvalue weighted by molar-refractivity contribution is 9.10. The Morgan fingerprint density at radius 1 is 1.22 bits per heavy atom. The molecule has 122 valence electrons.